The number of nitrogens with one attached hydrogen (secondary N) is 1. The Labute approximate surface area is 257 Å². The summed E-state index contributed by atoms with van der Waals surface area (Å²) < 4.78 is 79.3. The minimum absolute atomic E-state index is 0.0610. The molecule has 240 valence electrons. The van der Waals surface area contributed by atoms with Gasteiger partial charge in [-0.2, -0.15) is 13.2 Å². The molecule has 1 aromatic heterocycles. The topological polar surface area (TPSA) is 68.5 Å². The summed E-state index contributed by atoms with van der Waals surface area (Å²) in [6.07, 6.45) is -4.92. The van der Waals surface area contributed by atoms with E-state index in [4.69, 9.17) is 4.74 Å². The zero-order chi connectivity index (χ0) is 33.1. The first-order chi connectivity index (χ1) is 21.3. The highest BCUT2D eigenvalue weighted by Gasteiger charge is 2.35. The van der Waals surface area contributed by atoms with Gasteiger partial charge in [0.05, 0.1) is 37.4 Å². The smallest absolute Gasteiger partial charge is 0.416 e. The van der Waals surface area contributed by atoms with Crippen LogP contribution in [0, 0.1) is 18.6 Å². The fourth-order valence-corrected chi connectivity index (χ4v) is 5.11. The molecule has 2 unspecified atom stereocenters. The van der Waals surface area contributed by atoms with Crippen LogP contribution in [-0.4, -0.2) is 47.8 Å². The summed E-state index contributed by atoms with van der Waals surface area (Å²) in [4.78, 5) is 30.2. The Bertz CT molecular complexity index is 1770. The zero-order valence-electron chi connectivity index (χ0n) is 25.6. The van der Waals surface area contributed by atoms with Crippen molar-refractivity contribution in [3.8, 4) is 16.9 Å². The molecule has 0 aliphatic carbocycles. The van der Waals surface area contributed by atoms with Crippen LogP contribution in [0.1, 0.15) is 35.3 Å². The third-order valence-corrected chi connectivity index (χ3v) is 7.99. The van der Waals surface area contributed by atoms with Gasteiger partial charge >= 0.3 is 11.9 Å². The number of rotatable bonds is 11. The van der Waals surface area contributed by atoms with Crippen LogP contribution in [0.3, 0.4) is 0 Å². The van der Waals surface area contributed by atoms with Crippen LogP contribution in [0.15, 0.2) is 76.3 Å². The van der Waals surface area contributed by atoms with Crippen molar-refractivity contribution < 1.29 is 26.7 Å². The number of halogens is 5. The van der Waals surface area contributed by atoms with E-state index in [0.29, 0.717) is 6.54 Å². The van der Waals surface area contributed by atoms with Crippen LogP contribution in [0.4, 0.5) is 22.0 Å². The minimum Gasteiger partial charge on any atom is -0.494 e. The van der Waals surface area contributed by atoms with Gasteiger partial charge in [-0.1, -0.05) is 48.5 Å². The lowest BCUT2D eigenvalue weighted by molar-refractivity contribution is -0.138. The van der Waals surface area contributed by atoms with E-state index in [1.165, 1.54) is 32.2 Å². The van der Waals surface area contributed by atoms with E-state index >= 15 is 4.39 Å². The maximum absolute atomic E-state index is 15.6. The van der Waals surface area contributed by atoms with Crippen molar-refractivity contribution in [1.29, 1.82) is 0 Å². The first-order valence-electron chi connectivity index (χ1n) is 14.2. The number of hydrogen-bond donors (Lipinski definition) is 1. The van der Waals surface area contributed by atoms with Crippen LogP contribution >= 0.6 is 0 Å². The van der Waals surface area contributed by atoms with E-state index in [-0.39, 0.29) is 35.2 Å². The zero-order valence-corrected chi connectivity index (χ0v) is 25.6. The molecule has 0 aliphatic heterocycles. The van der Waals surface area contributed by atoms with Crippen molar-refractivity contribution in [2.24, 2.45) is 0 Å². The molecule has 0 spiro atoms. The average Bonchev–Trinajstić information content (AvgIpc) is 3.00. The summed E-state index contributed by atoms with van der Waals surface area (Å²) in [6, 6.07) is 15.1. The van der Waals surface area contributed by atoms with Crippen LogP contribution in [-0.2, 0) is 19.3 Å². The normalized spacial score (nSPS) is 13.2. The van der Waals surface area contributed by atoms with Gasteiger partial charge in [0, 0.05) is 29.4 Å². The molecule has 1 N–H and O–H groups in total. The maximum Gasteiger partial charge on any atom is 0.416 e. The molecule has 1 heterocycles. The molecular formula is C33H35F5N4O3. The number of benzene rings is 3. The SMILES string of the molecule is COc1cccc(-c2c(C)n(Cc3c(F)cccc3C(F)(F)F)c(=O)n(CC(NCC(C)N(C)C)c3ccccc3)c2=O)c1F. The number of likely N-dealkylation sites (N-methyl/N-ethyl adjacent to an activating group) is 1. The number of hydrogen-bond acceptors (Lipinski definition) is 5. The molecule has 3 aromatic carbocycles. The van der Waals surface area contributed by atoms with Gasteiger partial charge in [-0.05, 0) is 51.7 Å². The number of alkyl halides is 3. The highest BCUT2D eigenvalue weighted by molar-refractivity contribution is 5.67. The average molecular weight is 631 g/mol. The summed E-state index contributed by atoms with van der Waals surface area (Å²) in [5.74, 6) is -2.24. The lowest BCUT2D eigenvalue weighted by Crippen LogP contribution is -2.46. The molecule has 0 aliphatic rings. The Morgan fingerprint density at radius 1 is 0.933 bits per heavy atom. The summed E-state index contributed by atoms with van der Waals surface area (Å²) in [5.41, 5.74) is -3.73. The Morgan fingerprint density at radius 3 is 2.22 bits per heavy atom. The van der Waals surface area contributed by atoms with E-state index in [1.807, 2.05) is 44.1 Å². The molecule has 7 nitrogen and oxygen atoms in total. The molecule has 0 radical (unpaired) electrons. The second kappa shape index (κ2) is 13.8. The van der Waals surface area contributed by atoms with E-state index in [1.54, 1.807) is 12.1 Å². The van der Waals surface area contributed by atoms with Gasteiger partial charge in [0.25, 0.3) is 5.56 Å². The van der Waals surface area contributed by atoms with Crippen LogP contribution in [0.5, 0.6) is 5.75 Å². The Morgan fingerprint density at radius 2 is 1.60 bits per heavy atom. The van der Waals surface area contributed by atoms with Crippen molar-refractivity contribution in [2.45, 2.75) is 45.2 Å². The highest BCUT2D eigenvalue weighted by Crippen LogP contribution is 2.34. The Hall–Kier alpha value is -4.29. The molecule has 12 heteroatoms. The third kappa shape index (κ3) is 7.18. The van der Waals surface area contributed by atoms with Gasteiger partial charge < -0.3 is 15.0 Å². The van der Waals surface area contributed by atoms with E-state index in [9.17, 15) is 27.2 Å². The second-order valence-electron chi connectivity index (χ2n) is 11.0. The molecule has 2 atom stereocenters. The number of nitrogens with zero attached hydrogens (tertiary/aromatic N) is 3. The highest BCUT2D eigenvalue weighted by atomic mass is 19.4. The molecule has 0 fully saturated rings. The quantitative estimate of drug-likeness (QED) is 0.218. The number of methoxy groups -OCH3 is 1. The van der Waals surface area contributed by atoms with Gasteiger partial charge in [-0.3, -0.25) is 13.9 Å². The molecule has 0 saturated heterocycles. The predicted molar refractivity (Wildman–Crippen MR) is 162 cm³/mol. The van der Waals surface area contributed by atoms with Crippen LogP contribution in [0.25, 0.3) is 11.1 Å². The maximum atomic E-state index is 15.6. The monoisotopic (exact) mass is 630 g/mol. The van der Waals surface area contributed by atoms with Crippen molar-refractivity contribution in [3.63, 3.8) is 0 Å². The summed E-state index contributed by atoms with van der Waals surface area (Å²) in [6.45, 7) is 2.66. The van der Waals surface area contributed by atoms with E-state index < -0.39 is 52.8 Å². The molecule has 45 heavy (non-hydrogen) atoms. The fourth-order valence-electron chi connectivity index (χ4n) is 5.11. The van der Waals surface area contributed by atoms with Crippen molar-refractivity contribution in [3.05, 3.63) is 122 Å². The fraction of sp³-hybridized carbons (Fsp3) is 0.333. The first-order valence-corrected chi connectivity index (χ1v) is 14.2. The minimum atomic E-state index is -4.92. The molecule has 4 rings (SSSR count). The Balaban J connectivity index is 1.98. The van der Waals surface area contributed by atoms with Gasteiger partial charge in [0.2, 0.25) is 0 Å². The second-order valence-corrected chi connectivity index (χ2v) is 11.0. The van der Waals surface area contributed by atoms with Crippen LogP contribution in [0.2, 0.25) is 0 Å². The summed E-state index contributed by atoms with van der Waals surface area (Å²) in [7, 11) is 5.05. The summed E-state index contributed by atoms with van der Waals surface area (Å²) in [5, 5.41) is 3.38. The molecular weight excluding hydrogens is 595 g/mol. The Kier molecular flexibility index (Phi) is 10.3. The lowest BCUT2D eigenvalue weighted by Gasteiger charge is -2.26. The largest absolute Gasteiger partial charge is 0.494 e. The van der Waals surface area contributed by atoms with E-state index in [2.05, 4.69) is 5.32 Å². The van der Waals surface area contributed by atoms with Gasteiger partial charge in [-0.15, -0.1) is 0 Å². The van der Waals surface area contributed by atoms with Crippen molar-refractivity contribution in [1.82, 2.24) is 19.4 Å². The molecule has 0 amide bonds. The first kappa shape index (κ1) is 33.6. The van der Waals surface area contributed by atoms with E-state index in [0.717, 1.165) is 32.9 Å². The van der Waals surface area contributed by atoms with Crippen molar-refractivity contribution in [2.75, 3.05) is 27.7 Å². The van der Waals surface area contributed by atoms with Gasteiger partial charge in [-0.25, -0.2) is 13.6 Å². The molecule has 0 saturated carbocycles. The third-order valence-electron chi connectivity index (χ3n) is 7.99. The molecule has 4 aromatic rings. The van der Waals surface area contributed by atoms with Gasteiger partial charge in [0.1, 0.15) is 5.82 Å². The molecule has 0 bridgehead atoms. The lowest BCUT2D eigenvalue weighted by atomic mass is 10.0. The number of ether oxygens (including phenoxy) is 1. The van der Waals surface area contributed by atoms with Gasteiger partial charge in [0.15, 0.2) is 11.6 Å². The summed E-state index contributed by atoms with van der Waals surface area (Å²) >= 11 is 0. The number of aromatic nitrogens is 2. The standard InChI is InChI=1S/C33H35F5N4O3/c1-20(40(3)4)17-39-27(22-11-7-6-8-12-22)19-42-31(43)29(23-13-9-16-28(45-5)30(23)35)21(2)41(32(42)44)18-24-25(33(36,37)38)14-10-15-26(24)34/h6-16,20,27,39H,17-19H2,1-5H3. The van der Waals surface area contributed by atoms with Crippen LogP contribution < -0.4 is 21.3 Å². The van der Waals surface area contributed by atoms with Crippen molar-refractivity contribution >= 4 is 0 Å². The predicted octanol–water partition coefficient (Wildman–Crippen LogP) is 5.62.